The zero-order valence-corrected chi connectivity index (χ0v) is 19.5. The normalized spacial score (nSPS) is 12.4. The second kappa shape index (κ2) is 9.76. The number of carbonyl (C=O) groups excluding carboxylic acids is 2. The van der Waals surface area contributed by atoms with Crippen LogP contribution < -0.4 is 0 Å². The van der Waals surface area contributed by atoms with Crippen molar-refractivity contribution in [1.82, 2.24) is 5.01 Å². The van der Waals surface area contributed by atoms with E-state index in [1.54, 1.807) is 30.5 Å². The summed E-state index contributed by atoms with van der Waals surface area (Å²) in [6.07, 6.45) is 2.37. The summed E-state index contributed by atoms with van der Waals surface area (Å²) in [4.78, 5) is 25.2. The zero-order chi connectivity index (χ0) is 24.1. The van der Waals surface area contributed by atoms with Crippen molar-refractivity contribution in [2.75, 3.05) is 0 Å². The Balaban J connectivity index is 1.44. The van der Waals surface area contributed by atoms with Gasteiger partial charge in [-0.25, -0.2) is 9.80 Å². The first kappa shape index (κ1) is 23.0. The first-order valence-corrected chi connectivity index (χ1v) is 11.1. The van der Waals surface area contributed by atoms with Crippen LogP contribution in [0.1, 0.15) is 63.7 Å². The molecule has 5 nitrogen and oxygen atoms in total. The molecular weight excluding hydrogens is 424 g/mol. The maximum atomic E-state index is 13.0. The van der Waals surface area contributed by atoms with Gasteiger partial charge in [0.2, 0.25) is 0 Å². The topological polar surface area (TPSA) is 59.0 Å². The Hall–Kier alpha value is -4.17. The summed E-state index contributed by atoms with van der Waals surface area (Å²) in [5, 5.41) is 5.74. The molecule has 1 heterocycles. The van der Waals surface area contributed by atoms with Crippen LogP contribution in [0.5, 0.6) is 0 Å². The van der Waals surface area contributed by atoms with E-state index in [0.29, 0.717) is 24.1 Å². The van der Waals surface area contributed by atoms with Gasteiger partial charge in [0.25, 0.3) is 5.91 Å². The lowest BCUT2D eigenvalue weighted by Gasteiger charge is -2.22. The van der Waals surface area contributed by atoms with Gasteiger partial charge in [0, 0.05) is 17.5 Å². The van der Waals surface area contributed by atoms with Gasteiger partial charge in [0.05, 0.1) is 18.3 Å². The Morgan fingerprint density at radius 2 is 1.68 bits per heavy atom. The van der Waals surface area contributed by atoms with E-state index in [2.05, 4.69) is 29.1 Å². The lowest BCUT2D eigenvalue weighted by Crippen LogP contribution is -2.29. The summed E-state index contributed by atoms with van der Waals surface area (Å²) in [6.45, 7) is 5.80. The fourth-order valence-corrected chi connectivity index (χ4v) is 3.48. The molecule has 4 rings (SSSR count). The van der Waals surface area contributed by atoms with E-state index in [1.807, 2.05) is 57.2 Å². The average molecular weight is 451 g/mol. The molecule has 0 spiro atoms. The van der Waals surface area contributed by atoms with Crippen LogP contribution in [0, 0.1) is 11.8 Å². The third kappa shape index (κ3) is 5.79. The predicted molar refractivity (Wildman–Crippen MR) is 133 cm³/mol. The first-order chi connectivity index (χ1) is 16.3. The van der Waals surface area contributed by atoms with Gasteiger partial charge in [0.1, 0.15) is 5.60 Å². The number of nitrogens with zero attached hydrogens (tertiary/aromatic N) is 2. The smallest absolute Gasteiger partial charge is 0.338 e. The molecule has 3 aromatic carbocycles. The van der Waals surface area contributed by atoms with Crippen LogP contribution in [0.15, 0.2) is 77.9 Å². The number of amides is 1. The second-order valence-corrected chi connectivity index (χ2v) is 9.06. The highest BCUT2D eigenvalue weighted by Crippen LogP contribution is 2.20. The van der Waals surface area contributed by atoms with Gasteiger partial charge in [-0.2, -0.15) is 5.10 Å². The molecule has 1 aliphatic heterocycles. The molecule has 34 heavy (non-hydrogen) atoms. The number of benzene rings is 3. The van der Waals surface area contributed by atoms with Crippen LogP contribution in [0.3, 0.4) is 0 Å². The monoisotopic (exact) mass is 450 g/mol. The van der Waals surface area contributed by atoms with Crippen molar-refractivity contribution >= 4 is 18.1 Å². The minimum Gasteiger partial charge on any atom is -0.456 e. The highest BCUT2D eigenvalue weighted by Gasteiger charge is 2.22. The van der Waals surface area contributed by atoms with Crippen LogP contribution in [-0.4, -0.2) is 28.7 Å². The molecule has 0 atom stereocenters. The van der Waals surface area contributed by atoms with Crippen molar-refractivity contribution in [3.05, 3.63) is 106 Å². The van der Waals surface area contributed by atoms with Crippen molar-refractivity contribution in [2.24, 2.45) is 5.10 Å². The standard InChI is InChI=1S/C29H26N2O3/c1-29(2,3)34-28(33)24-16-14-23(15-17-24)27(32)31-20-26-18-22(12-13-25(26)19-30-31)11-7-10-21-8-5-4-6-9-21/h4-6,8-9,12-19H,10,20H2,1-3H3. The van der Waals surface area contributed by atoms with Gasteiger partial charge in [-0.1, -0.05) is 48.2 Å². The molecule has 1 amide bonds. The Labute approximate surface area is 200 Å². The van der Waals surface area contributed by atoms with Crippen LogP contribution in [-0.2, 0) is 17.7 Å². The first-order valence-electron chi connectivity index (χ1n) is 11.1. The molecule has 0 saturated carbocycles. The van der Waals surface area contributed by atoms with Gasteiger partial charge in [0.15, 0.2) is 0 Å². The molecule has 3 aromatic rings. The summed E-state index contributed by atoms with van der Waals surface area (Å²) in [5.41, 5.74) is 4.31. The number of fused-ring (bicyclic) bond motifs is 1. The minimum atomic E-state index is -0.577. The molecule has 0 unspecified atom stereocenters. The maximum Gasteiger partial charge on any atom is 0.338 e. The number of rotatable bonds is 3. The van der Waals surface area contributed by atoms with Crippen molar-refractivity contribution in [1.29, 1.82) is 0 Å². The summed E-state index contributed by atoms with van der Waals surface area (Å²) >= 11 is 0. The van der Waals surface area contributed by atoms with E-state index >= 15 is 0 Å². The lowest BCUT2D eigenvalue weighted by molar-refractivity contribution is 0.00692. The minimum absolute atomic E-state index is 0.238. The summed E-state index contributed by atoms with van der Waals surface area (Å²) in [6, 6.07) is 22.5. The number of ether oxygens (including phenoxy) is 1. The largest absolute Gasteiger partial charge is 0.456 e. The van der Waals surface area contributed by atoms with Crippen molar-refractivity contribution < 1.29 is 14.3 Å². The van der Waals surface area contributed by atoms with Gasteiger partial charge in [-0.05, 0) is 73.9 Å². The molecule has 170 valence electrons. The molecule has 0 saturated heterocycles. The molecule has 0 fully saturated rings. The van der Waals surface area contributed by atoms with E-state index in [4.69, 9.17) is 4.74 Å². The van der Waals surface area contributed by atoms with Gasteiger partial charge >= 0.3 is 5.97 Å². The molecule has 0 aliphatic carbocycles. The molecule has 1 aliphatic rings. The van der Waals surface area contributed by atoms with Gasteiger partial charge < -0.3 is 4.74 Å². The highest BCUT2D eigenvalue weighted by atomic mass is 16.6. The summed E-state index contributed by atoms with van der Waals surface area (Å²) in [7, 11) is 0. The third-order valence-corrected chi connectivity index (χ3v) is 5.17. The van der Waals surface area contributed by atoms with Gasteiger partial charge in [-0.3, -0.25) is 4.79 Å². The molecule has 0 aromatic heterocycles. The Kier molecular flexibility index (Phi) is 6.60. The zero-order valence-electron chi connectivity index (χ0n) is 19.5. The molecular formula is C29H26N2O3. The fourth-order valence-electron chi connectivity index (χ4n) is 3.48. The number of esters is 1. The van der Waals surface area contributed by atoms with Crippen molar-refractivity contribution in [3.8, 4) is 11.8 Å². The number of hydrogen-bond acceptors (Lipinski definition) is 4. The molecule has 0 N–H and O–H groups in total. The fraction of sp³-hybridized carbons (Fsp3) is 0.207. The summed E-state index contributed by atoms with van der Waals surface area (Å²) in [5.74, 6) is 5.76. The van der Waals surface area contributed by atoms with Crippen LogP contribution in [0.2, 0.25) is 0 Å². The van der Waals surface area contributed by atoms with Crippen LogP contribution in [0.4, 0.5) is 0 Å². The highest BCUT2D eigenvalue weighted by molar-refractivity contribution is 5.97. The number of hydrazone groups is 1. The average Bonchev–Trinajstić information content (AvgIpc) is 2.83. The van der Waals surface area contributed by atoms with E-state index < -0.39 is 11.6 Å². The second-order valence-electron chi connectivity index (χ2n) is 9.06. The van der Waals surface area contributed by atoms with Crippen molar-refractivity contribution in [3.63, 3.8) is 0 Å². The third-order valence-electron chi connectivity index (χ3n) is 5.17. The molecule has 0 bridgehead atoms. The van der Waals surface area contributed by atoms with E-state index in [0.717, 1.165) is 16.7 Å². The quantitative estimate of drug-likeness (QED) is 0.406. The Morgan fingerprint density at radius 3 is 2.38 bits per heavy atom. The SMILES string of the molecule is CC(C)(C)OC(=O)c1ccc(C(=O)N2Cc3cc(C#CCc4ccccc4)ccc3C=N2)cc1. The molecule has 5 heteroatoms. The molecule has 0 radical (unpaired) electrons. The Morgan fingerprint density at radius 1 is 0.971 bits per heavy atom. The van der Waals surface area contributed by atoms with Crippen LogP contribution in [0.25, 0.3) is 0 Å². The lowest BCUT2D eigenvalue weighted by atomic mass is 10.0. The maximum absolute atomic E-state index is 13.0. The van der Waals surface area contributed by atoms with E-state index in [9.17, 15) is 9.59 Å². The number of hydrogen-bond donors (Lipinski definition) is 0. The summed E-state index contributed by atoms with van der Waals surface area (Å²) < 4.78 is 5.37. The Bertz CT molecular complexity index is 1290. The van der Waals surface area contributed by atoms with E-state index in [-0.39, 0.29) is 5.91 Å². The number of carbonyl (C=O) groups is 2. The van der Waals surface area contributed by atoms with Crippen LogP contribution >= 0.6 is 0 Å². The van der Waals surface area contributed by atoms with Gasteiger partial charge in [-0.15, -0.1) is 0 Å². The predicted octanol–water partition coefficient (Wildman–Crippen LogP) is 5.23. The van der Waals surface area contributed by atoms with E-state index in [1.165, 1.54) is 10.6 Å². The van der Waals surface area contributed by atoms with Crippen molar-refractivity contribution in [2.45, 2.75) is 39.3 Å².